The predicted molar refractivity (Wildman–Crippen MR) is 71.9 cm³/mol. The second-order valence-corrected chi connectivity index (χ2v) is 4.65. The highest BCUT2D eigenvalue weighted by atomic mass is 16.2. The van der Waals surface area contributed by atoms with Crippen molar-refractivity contribution in [2.75, 3.05) is 27.7 Å². The van der Waals surface area contributed by atoms with Crippen molar-refractivity contribution in [2.24, 2.45) is 5.73 Å². The normalized spacial score (nSPS) is 12.5. The van der Waals surface area contributed by atoms with Gasteiger partial charge in [-0.2, -0.15) is 0 Å². The lowest BCUT2D eigenvalue weighted by Crippen LogP contribution is -2.41. The van der Waals surface area contributed by atoms with Crippen LogP contribution in [0.15, 0.2) is 24.5 Å². The largest absolute Gasteiger partial charge is 0.349 e. The van der Waals surface area contributed by atoms with E-state index in [4.69, 9.17) is 5.73 Å². The Labute approximate surface area is 109 Å². The lowest BCUT2D eigenvalue weighted by Gasteiger charge is -2.27. The zero-order valence-corrected chi connectivity index (χ0v) is 11.3. The first-order valence-electron chi connectivity index (χ1n) is 6.04. The molecule has 0 radical (unpaired) electrons. The molecule has 0 aliphatic heterocycles. The number of rotatable bonds is 6. The molecule has 0 saturated heterocycles. The summed E-state index contributed by atoms with van der Waals surface area (Å²) in [5.41, 5.74) is 6.92. The number of hydrogen-bond acceptors (Lipinski definition) is 4. The summed E-state index contributed by atoms with van der Waals surface area (Å²) in [7, 11) is 5.51. The van der Waals surface area contributed by atoms with Crippen LogP contribution in [0, 0.1) is 0 Å². The Kier molecular flexibility index (Phi) is 5.74. The van der Waals surface area contributed by atoms with Gasteiger partial charge in [-0.25, -0.2) is 0 Å². The van der Waals surface area contributed by atoms with Crippen LogP contribution in [0.25, 0.3) is 0 Å². The van der Waals surface area contributed by atoms with Gasteiger partial charge < -0.3 is 10.6 Å². The minimum atomic E-state index is 0.0630. The summed E-state index contributed by atoms with van der Waals surface area (Å²) in [6.07, 6.45) is 3.99. The molecule has 1 rings (SSSR count). The first kappa shape index (κ1) is 14.6. The smallest absolute Gasteiger partial charge is 0.223 e. The molecule has 1 unspecified atom stereocenters. The predicted octanol–water partition coefficient (Wildman–Crippen LogP) is 0.319. The van der Waals surface area contributed by atoms with Crippen molar-refractivity contribution in [3.63, 3.8) is 0 Å². The molecule has 1 aromatic heterocycles. The Hall–Kier alpha value is -1.46. The summed E-state index contributed by atoms with van der Waals surface area (Å²) in [5, 5.41) is 0. The van der Waals surface area contributed by atoms with E-state index in [2.05, 4.69) is 9.88 Å². The molecule has 0 aliphatic rings. The van der Waals surface area contributed by atoms with Crippen LogP contribution in [-0.4, -0.2) is 54.4 Å². The summed E-state index contributed by atoms with van der Waals surface area (Å²) in [6, 6.07) is 4.00. The standard InChI is InChI=1S/C13H22N4O/c1-16(2)13(18)8-12(9-14)17(3)10-11-4-6-15-7-5-11/h4-7,12H,8-10,14H2,1-3H3. The molecule has 2 N–H and O–H groups in total. The summed E-state index contributed by atoms with van der Waals surface area (Å²) in [4.78, 5) is 19.4. The topological polar surface area (TPSA) is 62.5 Å². The van der Waals surface area contributed by atoms with E-state index in [-0.39, 0.29) is 11.9 Å². The molecule has 5 heteroatoms. The van der Waals surface area contributed by atoms with Gasteiger partial charge in [-0.3, -0.25) is 14.7 Å². The third-order valence-electron chi connectivity index (χ3n) is 2.99. The van der Waals surface area contributed by atoms with E-state index in [1.807, 2.05) is 19.2 Å². The van der Waals surface area contributed by atoms with E-state index >= 15 is 0 Å². The van der Waals surface area contributed by atoms with Gasteiger partial charge >= 0.3 is 0 Å². The molecule has 1 heterocycles. The molecule has 0 saturated carbocycles. The van der Waals surface area contributed by atoms with Crippen LogP contribution in [0.5, 0.6) is 0 Å². The van der Waals surface area contributed by atoms with Crippen LogP contribution >= 0.6 is 0 Å². The van der Waals surface area contributed by atoms with Gasteiger partial charge in [0, 0.05) is 52.0 Å². The molecule has 1 atom stereocenters. The zero-order chi connectivity index (χ0) is 13.5. The van der Waals surface area contributed by atoms with Gasteiger partial charge in [0.05, 0.1) is 0 Å². The minimum absolute atomic E-state index is 0.0630. The number of amides is 1. The van der Waals surface area contributed by atoms with Crippen molar-refractivity contribution in [3.05, 3.63) is 30.1 Å². The summed E-state index contributed by atoms with van der Waals surface area (Å²) in [6.45, 7) is 1.24. The minimum Gasteiger partial charge on any atom is -0.349 e. The monoisotopic (exact) mass is 250 g/mol. The molecule has 100 valence electrons. The molecule has 0 spiro atoms. The molecular formula is C13H22N4O. The average molecular weight is 250 g/mol. The molecule has 0 fully saturated rings. The first-order chi connectivity index (χ1) is 8.54. The quantitative estimate of drug-likeness (QED) is 0.790. The number of nitrogens with two attached hydrogens (primary N) is 1. The summed E-state index contributed by atoms with van der Waals surface area (Å²) < 4.78 is 0. The fourth-order valence-corrected chi connectivity index (χ4v) is 1.71. The van der Waals surface area contributed by atoms with E-state index < -0.39 is 0 Å². The Balaban J connectivity index is 2.57. The SMILES string of the molecule is CN(C)C(=O)CC(CN)N(C)Cc1ccncc1. The maximum atomic E-state index is 11.7. The van der Waals surface area contributed by atoms with Gasteiger partial charge in [0.15, 0.2) is 0 Å². The van der Waals surface area contributed by atoms with Crippen LogP contribution in [0.3, 0.4) is 0 Å². The van der Waals surface area contributed by atoms with Crippen LogP contribution < -0.4 is 5.73 Å². The highest BCUT2D eigenvalue weighted by molar-refractivity contribution is 5.76. The number of carbonyl (C=O) groups excluding carboxylic acids is 1. The summed E-state index contributed by atoms with van der Waals surface area (Å²) >= 11 is 0. The average Bonchev–Trinajstić information content (AvgIpc) is 2.36. The maximum absolute atomic E-state index is 11.7. The lowest BCUT2D eigenvalue weighted by atomic mass is 10.1. The molecule has 0 aromatic carbocycles. The van der Waals surface area contributed by atoms with E-state index in [0.717, 1.165) is 6.54 Å². The third-order valence-corrected chi connectivity index (χ3v) is 2.99. The Bertz CT molecular complexity index is 367. The highest BCUT2D eigenvalue weighted by Crippen LogP contribution is 2.08. The number of likely N-dealkylation sites (N-methyl/N-ethyl adjacent to an activating group) is 1. The highest BCUT2D eigenvalue weighted by Gasteiger charge is 2.18. The summed E-state index contributed by atoms with van der Waals surface area (Å²) in [5.74, 6) is 0.104. The Morgan fingerprint density at radius 2 is 1.94 bits per heavy atom. The number of hydrogen-bond donors (Lipinski definition) is 1. The molecule has 0 aliphatic carbocycles. The molecule has 0 bridgehead atoms. The van der Waals surface area contributed by atoms with Gasteiger partial charge in [-0.05, 0) is 24.7 Å². The third kappa shape index (κ3) is 4.43. The fourth-order valence-electron chi connectivity index (χ4n) is 1.71. The Morgan fingerprint density at radius 1 is 1.33 bits per heavy atom. The zero-order valence-electron chi connectivity index (χ0n) is 11.3. The number of carbonyl (C=O) groups is 1. The first-order valence-corrected chi connectivity index (χ1v) is 6.04. The number of nitrogens with zero attached hydrogens (tertiary/aromatic N) is 3. The van der Waals surface area contributed by atoms with Gasteiger partial charge in [0.2, 0.25) is 5.91 Å². The second kappa shape index (κ2) is 7.08. The van der Waals surface area contributed by atoms with Crippen LogP contribution in [0.2, 0.25) is 0 Å². The molecule has 1 aromatic rings. The van der Waals surface area contributed by atoms with Crippen LogP contribution in [-0.2, 0) is 11.3 Å². The van der Waals surface area contributed by atoms with Crippen molar-refractivity contribution in [2.45, 2.75) is 19.0 Å². The fraction of sp³-hybridized carbons (Fsp3) is 0.538. The van der Waals surface area contributed by atoms with Crippen molar-refractivity contribution in [1.29, 1.82) is 0 Å². The van der Waals surface area contributed by atoms with Gasteiger partial charge in [-0.15, -0.1) is 0 Å². The van der Waals surface area contributed by atoms with Gasteiger partial charge in [0.1, 0.15) is 0 Å². The van der Waals surface area contributed by atoms with Gasteiger partial charge in [-0.1, -0.05) is 0 Å². The lowest BCUT2D eigenvalue weighted by molar-refractivity contribution is -0.129. The van der Waals surface area contributed by atoms with Crippen molar-refractivity contribution in [1.82, 2.24) is 14.8 Å². The Morgan fingerprint density at radius 3 is 2.44 bits per heavy atom. The molecular weight excluding hydrogens is 228 g/mol. The van der Waals surface area contributed by atoms with Crippen LogP contribution in [0.1, 0.15) is 12.0 Å². The number of aromatic nitrogens is 1. The van der Waals surface area contributed by atoms with Crippen LogP contribution in [0.4, 0.5) is 0 Å². The number of pyridine rings is 1. The van der Waals surface area contributed by atoms with Crippen molar-refractivity contribution in [3.8, 4) is 0 Å². The van der Waals surface area contributed by atoms with Crippen molar-refractivity contribution >= 4 is 5.91 Å². The second-order valence-electron chi connectivity index (χ2n) is 4.65. The van der Waals surface area contributed by atoms with Crippen molar-refractivity contribution < 1.29 is 4.79 Å². The molecule has 1 amide bonds. The van der Waals surface area contributed by atoms with E-state index in [9.17, 15) is 4.79 Å². The van der Waals surface area contributed by atoms with E-state index in [0.29, 0.717) is 13.0 Å². The van der Waals surface area contributed by atoms with Gasteiger partial charge in [0.25, 0.3) is 0 Å². The van der Waals surface area contributed by atoms with E-state index in [1.54, 1.807) is 31.4 Å². The molecule has 18 heavy (non-hydrogen) atoms. The molecule has 5 nitrogen and oxygen atoms in total. The maximum Gasteiger partial charge on any atom is 0.223 e. The van der Waals surface area contributed by atoms with E-state index in [1.165, 1.54) is 5.56 Å².